The molecule has 0 aliphatic rings. The zero-order valence-electron chi connectivity index (χ0n) is 15.0. The van der Waals surface area contributed by atoms with Crippen molar-refractivity contribution in [2.24, 2.45) is 0 Å². The second kappa shape index (κ2) is 7.20. The molecule has 2 N–H and O–H groups in total. The van der Waals surface area contributed by atoms with Crippen LogP contribution in [0.1, 0.15) is 27.5 Å². The van der Waals surface area contributed by atoms with Gasteiger partial charge in [-0.25, -0.2) is 13.4 Å². The summed E-state index contributed by atoms with van der Waals surface area (Å²) in [5, 5.41) is 6.30. The van der Waals surface area contributed by atoms with Crippen LogP contribution in [0.25, 0.3) is 0 Å². The van der Waals surface area contributed by atoms with E-state index in [1.54, 1.807) is 13.0 Å². The van der Waals surface area contributed by atoms with E-state index in [-0.39, 0.29) is 16.6 Å². The van der Waals surface area contributed by atoms with Crippen LogP contribution in [0.3, 0.4) is 0 Å². The first-order valence-corrected chi connectivity index (χ1v) is 9.54. The van der Waals surface area contributed by atoms with Gasteiger partial charge in [0.1, 0.15) is 11.5 Å². The molecular weight excluding hydrogens is 368 g/mol. The van der Waals surface area contributed by atoms with Crippen LogP contribution in [-0.2, 0) is 10.0 Å². The van der Waals surface area contributed by atoms with Gasteiger partial charge in [-0.05, 0) is 62.7 Å². The molecule has 140 valence electrons. The fourth-order valence-electron chi connectivity index (χ4n) is 2.48. The van der Waals surface area contributed by atoms with E-state index < -0.39 is 10.0 Å². The van der Waals surface area contributed by atoms with Crippen molar-refractivity contribution >= 4 is 27.4 Å². The van der Waals surface area contributed by atoms with Crippen LogP contribution in [0.2, 0.25) is 0 Å². The Morgan fingerprint density at radius 1 is 1.04 bits per heavy atom. The van der Waals surface area contributed by atoms with Crippen molar-refractivity contribution < 1.29 is 17.7 Å². The number of nitrogens with one attached hydrogen (secondary N) is 2. The number of anilines is 2. The third-order valence-corrected chi connectivity index (χ3v) is 4.99. The molecule has 2 aromatic heterocycles. The first-order chi connectivity index (χ1) is 12.7. The normalized spacial score (nSPS) is 11.2. The summed E-state index contributed by atoms with van der Waals surface area (Å²) in [6.07, 6.45) is 0. The second-order valence-corrected chi connectivity index (χ2v) is 7.76. The maximum atomic E-state index is 12.4. The molecule has 0 aliphatic carbocycles. The Kier molecular flexibility index (Phi) is 4.95. The first kappa shape index (κ1) is 18.6. The highest BCUT2D eigenvalue weighted by Crippen LogP contribution is 2.18. The van der Waals surface area contributed by atoms with Crippen LogP contribution >= 0.6 is 0 Å². The highest BCUT2D eigenvalue weighted by atomic mass is 32.2. The molecule has 0 fully saturated rings. The summed E-state index contributed by atoms with van der Waals surface area (Å²) in [7, 11) is -3.81. The molecule has 0 saturated heterocycles. The molecule has 0 bridgehead atoms. The number of aromatic nitrogens is 2. The summed E-state index contributed by atoms with van der Waals surface area (Å²) < 4.78 is 31.9. The summed E-state index contributed by atoms with van der Waals surface area (Å²) in [5.74, 6) is 0.227. The lowest BCUT2D eigenvalue weighted by Gasteiger charge is -2.08. The van der Waals surface area contributed by atoms with E-state index in [1.165, 1.54) is 30.3 Å². The Hall–Kier alpha value is -3.20. The Bertz CT molecular complexity index is 1070. The van der Waals surface area contributed by atoms with Gasteiger partial charge in [0.25, 0.3) is 15.9 Å². The number of hydrogen-bond donors (Lipinski definition) is 2. The second-order valence-electron chi connectivity index (χ2n) is 6.08. The number of rotatable bonds is 5. The average Bonchev–Trinajstić information content (AvgIpc) is 2.98. The van der Waals surface area contributed by atoms with Gasteiger partial charge in [0.2, 0.25) is 0 Å². The highest BCUT2D eigenvalue weighted by molar-refractivity contribution is 7.92. The molecule has 0 atom stereocenters. The summed E-state index contributed by atoms with van der Waals surface area (Å²) in [6, 6.07) is 10.8. The largest absolute Gasteiger partial charge is 0.360 e. The van der Waals surface area contributed by atoms with Crippen LogP contribution in [-0.4, -0.2) is 24.5 Å². The standard InChI is InChI=1S/C18H18N4O4S/c1-11-8-12(2)19-16(9-11)18(23)20-14-4-6-15(7-5-14)27(24,25)22-17-10-13(3)26-21-17/h4-10H,1-3H3,(H,20,23)(H,21,22). The summed E-state index contributed by atoms with van der Waals surface area (Å²) >= 11 is 0. The van der Waals surface area contributed by atoms with Gasteiger partial charge in [-0.3, -0.25) is 9.52 Å². The van der Waals surface area contributed by atoms with Gasteiger partial charge in [-0.2, -0.15) is 0 Å². The molecule has 0 saturated carbocycles. The number of carbonyl (C=O) groups excluding carboxylic acids is 1. The lowest BCUT2D eigenvalue weighted by molar-refractivity contribution is 0.102. The molecule has 2 heterocycles. The van der Waals surface area contributed by atoms with Gasteiger partial charge >= 0.3 is 0 Å². The molecule has 0 radical (unpaired) electrons. The number of benzene rings is 1. The number of sulfonamides is 1. The van der Waals surface area contributed by atoms with E-state index in [1.807, 2.05) is 19.9 Å². The Labute approximate surface area is 156 Å². The van der Waals surface area contributed by atoms with Gasteiger partial charge in [0, 0.05) is 17.4 Å². The Morgan fingerprint density at radius 2 is 1.74 bits per heavy atom. The lowest BCUT2D eigenvalue weighted by Crippen LogP contribution is -2.15. The smallest absolute Gasteiger partial charge is 0.274 e. The van der Waals surface area contributed by atoms with E-state index >= 15 is 0 Å². The maximum Gasteiger partial charge on any atom is 0.274 e. The van der Waals surface area contributed by atoms with E-state index in [0.29, 0.717) is 17.1 Å². The molecule has 0 aliphatic heterocycles. The van der Waals surface area contributed by atoms with Crippen molar-refractivity contribution in [3.05, 3.63) is 65.2 Å². The van der Waals surface area contributed by atoms with Crippen molar-refractivity contribution in [1.29, 1.82) is 0 Å². The molecule has 0 spiro atoms. The minimum absolute atomic E-state index is 0.0330. The topological polar surface area (TPSA) is 114 Å². The summed E-state index contributed by atoms with van der Waals surface area (Å²) in [6.45, 7) is 5.36. The molecule has 3 aromatic rings. The Balaban J connectivity index is 1.73. The monoisotopic (exact) mass is 386 g/mol. The van der Waals surface area contributed by atoms with Gasteiger partial charge in [-0.1, -0.05) is 5.16 Å². The van der Waals surface area contributed by atoms with Crippen LogP contribution in [0, 0.1) is 20.8 Å². The minimum Gasteiger partial charge on any atom is -0.360 e. The molecule has 9 heteroatoms. The summed E-state index contributed by atoms with van der Waals surface area (Å²) in [5.41, 5.74) is 2.43. The first-order valence-electron chi connectivity index (χ1n) is 8.06. The van der Waals surface area contributed by atoms with Gasteiger partial charge in [0.05, 0.1) is 4.90 Å². The van der Waals surface area contributed by atoms with Crippen molar-refractivity contribution in [1.82, 2.24) is 10.1 Å². The zero-order chi connectivity index (χ0) is 19.6. The van der Waals surface area contributed by atoms with Crippen molar-refractivity contribution in [3.63, 3.8) is 0 Å². The van der Waals surface area contributed by atoms with Gasteiger partial charge in [0.15, 0.2) is 5.82 Å². The third kappa shape index (κ3) is 4.50. The van der Waals surface area contributed by atoms with E-state index in [0.717, 1.165) is 11.3 Å². The molecular formula is C18H18N4O4S. The van der Waals surface area contributed by atoms with Crippen LogP contribution in [0.4, 0.5) is 11.5 Å². The third-order valence-electron chi connectivity index (χ3n) is 3.62. The molecule has 1 aromatic carbocycles. The van der Waals surface area contributed by atoms with E-state index in [4.69, 9.17) is 4.52 Å². The van der Waals surface area contributed by atoms with Crippen LogP contribution in [0.15, 0.2) is 51.9 Å². The van der Waals surface area contributed by atoms with E-state index in [9.17, 15) is 13.2 Å². The zero-order valence-corrected chi connectivity index (χ0v) is 15.8. The predicted octanol–water partition coefficient (Wildman–Crippen LogP) is 3.05. The number of carbonyl (C=O) groups is 1. The molecule has 1 amide bonds. The highest BCUT2D eigenvalue weighted by Gasteiger charge is 2.16. The number of nitrogens with zero attached hydrogens (tertiary/aromatic N) is 2. The number of aryl methyl sites for hydroxylation is 3. The maximum absolute atomic E-state index is 12.4. The molecule has 8 nitrogen and oxygen atoms in total. The number of pyridine rings is 1. The van der Waals surface area contributed by atoms with Gasteiger partial charge in [-0.15, -0.1) is 0 Å². The van der Waals surface area contributed by atoms with Crippen LogP contribution < -0.4 is 10.0 Å². The van der Waals surface area contributed by atoms with Crippen molar-refractivity contribution in [2.75, 3.05) is 10.0 Å². The summed E-state index contributed by atoms with van der Waals surface area (Å²) in [4.78, 5) is 16.6. The molecule has 3 rings (SSSR count). The van der Waals surface area contributed by atoms with Crippen LogP contribution in [0.5, 0.6) is 0 Å². The van der Waals surface area contributed by atoms with Gasteiger partial charge < -0.3 is 9.84 Å². The fourth-order valence-corrected chi connectivity index (χ4v) is 3.47. The average molecular weight is 386 g/mol. The fraction of sp³-hybridized carbons (Fsp3) is 0.167. The SMILES string of the molecule is Cc1cc(C)nc(C(=O)Nc2ccc(S(=O)(=O)Nc3cc(C)on3)cc2)c1. The lowest BCUT2D eigenvalue weighted by atomic mass is 10.2. The predicted molar refractivity (Wildman–Crippen MR) is 100 cm³/mol. The Morgan fingerprint density at radius 3 is 2.33 bits per heavy atom. The van der Waals surface area contributed by atoms with E-state index in [2.05, 4.69) is 20.2 Å². The number of hydrogen-bond acceptors (Lipinski definition) is 6. The van der Waals surface area contributed by atoms with Crippen molar-refractivity contribution in [2.45, 2.75) is 25.7 Å². The minimum atomic E-state index is -3.81. The number of amides is 1. The van der Waals surface area contributed by atoms with Crippen molar-refractivity contribution in [3.8, 4) is 0 Å². The molecule has 27 heavy (non-hydrogen) atoms. The molecule has 0 unspecified atom stereocenters. The quantitative estimate of drug-likeness (QED) is 0.696.